The molecule has 1 aromatic rings. The summed E-state index contributed by atoms with van der Waals surface area (Å²) in [5.74, 6) is 0. The average Bonchev–Trinajstić information content (AvgIpc) is 2.79. The number of rotatable bonds is 3. The van der Waals surface area contributed by atoms with Crippen LogP contribution >= 0.6 is 11.3 Å². The molecule has 2 rings (SSSR count). The third-order valence-electron chi connectivity index (χ3n) is 3.14. The van der Waals surface area contributed by atoms with Crippen LogP contribution in [0.5, 0.6) is 0 Å². The van der Waals surface area contributed by atoms with Crippen LogP contribution in [0.25, 0.3) is 0 Å². The van der Waals surface area contributed by atoms with Crippen molar-refractivity contribution in [2.45, 2.75) is 12.2 Å². The van der Waals surface area contributed by atoms with E-state index >= 15 is 0 Å². The monoisotopic (exact) mass is 295 g/mol. The Morgan fingerprint density at radius 3 is 2.68 bits per heavy atom. The number of hydrogen-bond acceptors (Lipinski definition) is 6. The van der Waals surface area contributed by atoms with Gasteiger partial charge in [0.2, 0.25) is 10.1 Å². The van der Waals surface area contributed by atoms with E-state index in [4.69, 9.17) is 0 Å². The molecule has 0 bridgehead atoms. The van der Waals surface area contributed by atoms with Crippen molar-refractivity contribution in [2.75, 3.05) is 45.6 Å². The van der Waals surface area contributed by atoms with Gasteiger partial charge in [-0.05, 0) is 14.1 Å². The molecule has 19 heavy (non-hydrogen) atoms. The molecule has 0 spiro atoms. The van der Waals surface area contributed by atoms with Crippen molar-refractivity contribution < 1.29 is 13.2 Å². The zero-order valence-electron chi connectivity index (χ0n) is 10.7. The third kappa shape index (κ3) is 3.77. The van der Waals surface area contributed by atoms with E-state index in [1.165, 1.54) is 0 Å². The van der Waals surface area contributed by atoms with Gasteiger partial charge in [0.25, 0.3) is 0 Å². The second-order valence-electron chi connectivity index (χ2n) is 4.69. The highest BCUT2D eigenvalue weighted by Gasteiger charge is 2.35. The van der Waals surface area contributed by atoms with Crippen LogP contribution in [0.15, 0.2) is 0 Å². The molecule has 1 fully saturated rings. The first-order valence-corrected chi connectivity index (χ1v) is 6.71. The minimum atomic E-state index is -4.42. The summed E-state index contributed by atoms with van der Waals surface area (Å²) in [6.45, 7) is 3.40. The van der Waals surface area contributed by atoms with Crippen molar-refractivity contribution in [1.82, 2.24) is 20.0 Å². The number of alkyl halides is 3. The molecule has 1 aliphatic heterocycles. The Balaban J connectivity index is 1.90. The Kier molecular flexibility index (Phi) is 4.26. The van der Waals surface area contributed by atoms with Gasteiger partial charge in [-0.1, -0.05) is 11.3 Å². The van der Waals surface area contributed by atoms with Gasteiger partial charge in [-0.15, -0.1) is 10.2 Å². The highest BCUT2D eigenvalue weighted by molar-refractivity contribution is 7.15. The van der Waals surface area contributed by atoms with Gasteiger partial charge in [-0.3, -0.25) is 4.90 Å². The molecule has 0 aliphatic carbocycles. The summed E-state index contributed by atoms with van der Waals surface area (Å²) in [5.41, 5.74) is 0. The summed E-state index contributed by atoms with van der Waals surface area (Å²) < 4.78 is 37.1. The lowest BCUT2D eigenvalue weighted by Crippen LogP contribution is -2.52. The van der Waals surface area contributed by atoms with Gasteiger partial charge < -0.3 is 10.2 Å². The summed E-state index contributed by atoms with van der Waals surface area (Å²) in [6.07, 6.45) is -4.42. The molecular formula is C10H16F3N5S. The third-order valence-corrected chi connectivity index (χ3v) is 4.06. The summed E-state index contributed by atoms with van der Waals surface area (Å²) >= 11 is 0.540. The maximum absolute atomic E-state index is 12.4. The number of nitrogens with one attached hydrogen (secondary N) is 1. The van der Waals surface area contributed by atoms with Gasteiger partial charge in [0.1, 0.15) is 0 Å². The Labute approximate surface area is 113 Å². The van der Waals surface area contributed by atoms with E-state index in [-0.39, 0.29) is 11.2 Å². The lowest BCUT2D eigenvalue weighted by atomic mass is 10.2. The molecule has 0 saturated carbocycles. The summed E-state index contributed by atoms with van der Waals surface area (Å²) in [4.78, 5) is 4.40. The molecular weight excluding hydrogens is 279 g/mol. The van der Waals surface area contributed by atoms with E-state index in [0.29, 0.717) is 17.9 Å². The van der Waals surface area contributed by atoms with E-state index in [2.05, 4.69) is 25.3 Å². The highest BCUT2D eigenvalue weighted by atomic mass is 32.1. The summed E-state index contributed by atoms with van der Waals surface area (Å²) in [5, 5.41) is 8.90. The van der Waals surface area contributed by atoms with Crippen LogP contribution in [0.2, 0.25) is 0 Å². The quantitative estimate of drug-likeness (QED) is 0.908. The first kappa shape index (κ1) is 14.5. The number of piperazine rings is 1. The fraction of sp³-hybridized carbons (Fsp3) is 0.800. The molecule has 9 heteroatoms. The van der Waals surface area contributed by atoms with Crippen LogP contribution in [-0.2, 0) is 6.18 Å². The van der Waals surface area contributed by atoms with E-state index in [9.17, 15) is 13.2 Å². The smallest absolute Gasteiger partial charge is 0.358 e. The van der Waals surface area contributed by atoms with Gasteiger partial charge in [0.15, 0.2) is 0 Å². The fourth-order valence-electron chi connectivity index (χ4n) is 1.94. The molecule has 2 heterocycles. The van der Waals surface area contributed by atoms with Gasteiger partial charge in [0, 0.05) is 32.2 Å². The first-order chi connectivity index (χ1) is 8.86. The standard InChI is InChI=1S/C10H16F3N5S/c1-17-3-4-18(2)7(6-17)5-14-9-16-15-8(19-9)10(11,12)13/h7H,3-6H2,1-2H3,(H,14,16). The van der Waals surface area contributed by atoms with Crippen LogP contribution in [0, 0.1) is 0 Å². The number of halogens is 3. The number of aromatic nitrogens is 2. The SMILES string of the molecule is CN1CCN(C)C(CNc2nnc(C(F)(F)F)s2)C1. The van der Waals surface area contributed by atoms with E-state index < -0.39 is 11.2 Å². The maximum atomic E-state index is 12.4. The average molecular weight is 295 g/mol. The van der Waals surface area contributed by atoms with Crippen molar-refractivity contribution in [2.24, 2.45) is 0 Å². The Hall–Kier alpha value is -0.930. The normalized spacial score (nSPS) is 22.7. The van der Waals surface area contributed by atoms with Crippen LogP contribution in [0.1, 0.15) is 5.01 Å². The maximum Gasteiger partial charge on any atom is 0.445 e. The second-order valence-corrected chi connectivity index (χ2v) is 5.67. The van der Waals surface area contributed by atoms with Gasteiger partial charge in [-0.25, -0.2) is 0 Å². The van der Waals surface area contributed by atoms with Gasteiger partial charge in [-0.2, -0.15) is 13.2 Å². The minimum Gasteiger partial charge on any atom is -0.358 e. The molecule has 1 atom stereocenters. The topological polar surface area (TPSA) is 44.3 Å². The van der Waals surface area contributed by atoms with E-state index in [0.717, 1.165) is 19.6 Å². The van der Waals surface area contributed by atoms with Crippen LogP contribution in [-0.4, -0.2) is 66.3 Å². The Morgan fingerprint density at radius 1 is 1.32 bits per heavy atom. The molecule has 1 saturated heterocycles. The highest BCUT2D eigenvalue weighted by Crippen LogP contribution is 2.32. The molecule has 1 N–H and O–H groups in total. The molecule has 1 aliphatic rings. The number of hydrogen-bond donors (Lipinski definition) is 1. The molecule has 1 unspecified atom stereocenters. The fourth-order valence-corrected chi connectivity index (χ4v) is 2.55. The number of likely N-dealkylation sites (N-methyl/N-ethyl adjacent to an activating group) is 2. The lowest BCUT2D eigenvalue weighted by molar-refractivity contribution is -0.138. The van der Waals surface area contributed by atoms with Crippen molar-refractivity contribution in [3.8, 4) is 0 Å². The molecule has 108 valence electrons. The van der Waals surface area contributed by atoms with Crippen molar-refractivity contribution in [3.05, 3.63) is 5.01 Å². The minimum absolute atomic E-state index is 0.217. The molecule has 5 nitrogen and oxygen atoms in total. The summed E-state index contributed by atoms with van der Waals surface area (Å²) in [7, 11) is 4.05. The largest absolute Gasteiger partial charge is 0.445 e. The molecule has 0 aromatic carbocycles. The second kappa shape index (κ2) is 5.59. The first-order valence-electron chi connectivity index (χ1n) is 5.89. The van der Waals surface area contributed by atoms with E-state index in [1.807, 2.05) is 14.1 Å². The van der Waals surface area contributed by atoms with Crippen molar-refractivity contribution >= 4 is 16.5 Å². The van der Waals surface area contributed by atoms with Gasteiger partial charge in [0.05, 0.1) is 0 Å². The Bertz CT molecular complexity index is 422. The lowest BCUT2D eigenvalue weighted by Gasteiger charge is -2.37. The molecule has 0 amide bonds. The summed E-state index contributed by atoms with van der Waals surface area (Å²) in [6, 6.07) is 0.261. The number of nitrogens with zero attached hydrogens (tertiary/aromatic N) is 4. The van der Waals surface area contributed by atoms with Crippen LogP contribution < -0.4 is 5.32 Å². The van der Waals surface area contributed by atoms with Gasteiger partial charge >= 0.3 is 6.18 Å². The van der Waals surface area contributed by atoms with Crippen molar-refractivity contribution in [3.63, 3.8) is 0 Å². The van der Waals surface area contributed by atoms with E-state index in [1.54, 1.807) is 0 Å². The zero-order chi connectivity index (χ0) is 14.0. The molecule has 0 radical (unpaired) electrons. The number of anilines is 1. The zero-order valence-corrected chi connectivity index (χ0v) is 11.6. The Morgan fingerprint density at radius 2 is 2.05 bits per heavy atom. The van der Waals surface area contributed by atoms with Crippen molar-refractivity contribution in [1.29, 1.82) is 0 Å². The predicted octanol–water partition coefficient (Wildman–Crippen LogP) is 1.21. The van der Waals surface area contributed by atoms with Crippen LogP contribution in [0.3, 0.4) is 0 Å². The predicted molar refractivity (Wildman–Crippen MR) is 67.3 cm³/mol. The molecule has 1 aromatic heterocycles. The van der Waals surface area contributed by atoms with Crippen LogP contribution in [0.4, 0.5) is 18.3 Å².